The molecule has 2 rings (SSSR count). The molecule has 138 valence electrons. The zero-order valence-electron chi connectivity index (χ0n) is 15.0. The third-order valence-corrected chi connectivity index (χ3v) is 3.87. The van der Waals surface area contributed by atoms with Gasteiger partial charge in [0.2, 0.25) is 11.7 Å². The standard InChI is InChI=1S/C19H21FN2O4/c1-12-9-17(13(2)22(12)16-6-4-5-15(20)10-16)18(24)11-26-19(25)7-8-21-14(3)23/h4-6,9-10H,7-8,11H2,1-3H3,(H,21,23). The van der Waals surface area contributed by atoms with Crippen LogP contribution in [0.4, 0.5) is 4.39 Å². The Morgan fingerprint density at radius 2 is 1.92 bits per heavy atom. The largest absolute Gasteiger partial charge is 0.457 e. The molecule has 1 aromatic carbocycles. The molecule has 1 heterocycles. The van der Waals surface area contributed by atoms with Gasteiger partial charge in [-0.05, 0) is 38.1 Å². The Morgan fingerprint density at radius 3 is 2.58 bits per heavy atom. The first-order valence-electron chi connectivity index (χ1n) is 8.17. The van der Waals surface area contributed by atoms with Crippen molar-refractivity contribution >= 4 is 17.7 Å². The fraction of sp³-hybridized carbons (Fsp3) is 0.316. The van der Waals surface area contributed by atoms with Gasteiger partial charge in [-0.3, -0.25) is 14.4 Å². The molecule has 1 N–H and O–H groups in total. The highest BCUT2D eigenvalue weighted by molar-refractivity contribution is 5.99. The van der Waals surface area contributed by atoms with Gasteiger partial charge < -0.3 is 14.6 Å². The number of ether oxygens (including phenoxy) is 1. The molecule has 0 fully saturated rings. The van der Waals surface area contributed by atoms with E-state index in [4.69, 9.17) is 4.74 Å². The summed E-state index contributed by atoms with van der Waals surface area (Å²) in [6.45, 7) is 4.70. The monoisotopic (exact) mass is 360 g/mol. The van der Waals surface area contributed by atoms with E-state index in [9.17, 15) is 18.8 Å². The molecule has 0 atom stereocenters. The van der Waals surface area contributed by atoms with Crippen LogP contribution < -0.4 is 5.32 Å². The van der Waals surface area contributed by atoms with Gasteiger partial charge in [0.15, 0.2) is 6.61 Å². The predicted octanol–water partition coefficient (Wildman–Crippen LogP) is 2.49. The Balaban J connectivity index is 2.05. The number of benzene rings is 1. The van der Waals surface area contributed by atoms with Crippen molar-refractivity contribution in [2.45, 2.75) is 27.2 Å². The van der Waals surface area contributed by atoms with Crippen LogP contribution in [0.25, 0.3) is 5.69 Å². The van der Waals surface area contributed by atoms with Crippen LogP contribution in [-0.4, -0.2) is 35.4 Å². The van der Waals surface area contributed by atoms with Gasteiger partial charge in [-0.25, -0.2) is 4.39 Å². The quantitative estimate of drug-likeness (QED) is 0.608. The van der Waals surface area contributed by atoms with E-state index in [1.54, 1.807) is 29.7 Å². The summed E-state index contributed by atoms with van der Waals surface area (Å²) < 4.78 is 20.2. The van der Waals surface area contributed by atoms with E-state index in [-0.39, 0.29) is 37.1 Å². The Morgan fingerprint density at radius 1 is 1.19 bits per heavy atom. The van der Waals surface area contributed by atoms with Crippen LogP contribution in [-0.2, 0) is 14.3 Å². The number of aromatic nitrogens is 1. The van der Waals surface area contributed by atoms with Crippen LogP contribution in [0, 0.1) is 19.7 Å². The molecule has 2 aromatic rings. The number of nitrogens with one attached hydrogen (secondary N) is 1. The lowest BCUT2D eigenvalue weighted by Crippen LogP contribution is -2.24. The average molecular weight is 360 g/mol. The van der Waals surface area contributed by atoms with Crippen molar-refractivity contribution in [1.29, 1.82) is 0 Å². The van der Waals surface area contributed by atoms with Crippen molar-refractivity contribution in [2.75, 3.05) is 13.2 Å². The Hall–Kier alpha value is -2.96. The van der Waals surface area contributed by atoms with Gasteiger partial charge in [0.05, 0.1) is 6.42 Å². The molecule has 7 heteroatoms. The van der Waals surface area contributed by atoms with Crippen LogP contribution in [0.3, 0.4) is 0 Å². The van der Waals surface area contributed by atoms with E-state index < -0.39 is 5.97 Å². The summed E-state index contributed by atoms with van der Waals surface area (Å²) in [6, 6.07) is 7.77. The summed E-state index contributed by atoms with van der Waals surface area (Å²) in [4.78, 5) is 34.7. The molecule has 0 bridgehead atoms. The van der Waals surface area contributed by atoms with E-state index in [0.717, 1.165) is 5.69 Å². The maximum Gasteiger partial charge on any atom is 0.308 e. The Bertz CT molecular complexity index is 842. The number of Topliss-reactive ketones (excluding diaryl/α,β-unsaturated/α-hetero) is 1. The molecule has 0 aliphatic carbocycles. The smallest absolute Gasteiger partial charge is 0.308 e. The fourth-order valence-electron chi connectivity index (χ4n) is 2.69. The molecule has 0 radical (unpaired) electrons. The normalized spacial score (nSPS) is 10.5. The first-order valence-corrected chi connectivity index (χ1v) is 8.17. The molecule has 0 aliphatic rings. The Labute approximate surface area is 151 Å². The maximum atomic E-state index is 13.5. The molecular weight excluding hydrogens is 339 g/mol. The summed E-state index contributed by atoms with van der Waals surface area (Å²) >= 11 is 0. The highest BCUT2D eigenvalue weighted by atomic mass is 19.1. The van der Waals surface area contributed by atoms with Crippen molar-refractivity contribution in [2.24, 2.45) is 0 Å². The van der Waals surface area contributed by atoms with Crippen LogP contribution in [0.2, 0.25) is 0 Å². The second-order valence-corrected chi connectivity index (χ2v) is 5.92. The minimum atomic E-state index is -0.564. The number of esters is 1. The number of hydrogen-bond acceptors (Lipinski definition) is 4. The van der Waals surface area contributed by atoms with Crippen LogP contribution in [0.15, 0.2) is 30.3 Å². The summed E-state index contributed by atoms with van der Waals surface area (Å²) in [5.41, 5.74) is 2.45. The zero-order chi connectivity index (χ0) is 19.3. The number of carbonyl (C=O) groups excluding carboxylic acids is 3. The van der Waals surface area contributed by atoms with Crippen LogP contribution in [0.1, 0.15) is 35.1 Å². The molecule has 0 saturated heterocycles. The van der Waals surface area contributed by atoms with E-state index >= 15 is 0 Å². The van der Waals surface area contributed by atoms with Crippen LogP contribution in [0.5, 0.6) is 0 Å². The van der Waals surface area contributed by atoms with Gasteiger partial charge in [0, 0.05) is 36.1 Å². The van der Waals surface area contributed by atoms with E-state index in [1.165, 1.54) is 19.1 Å². The number of rotatable bonds is 7. The minimum absolute atomic E-state index is 0.00479. The summed E-state index contributed by atoms with van der Waals surface area (Å²) in [5, 5.41) is 2.48. The van der Waals surface area contributed by atoms with Gasteiger partial charge in [-0.2, -0.15) is 0 Å². The molecule has 0 saturated carbocycles. The van der Waals surface area contributed by atoms with Crippen molar-refractivity contribution < 1.29 is 23.5 Å². The molecule has 26 heavy (non-hydrogen) atoms. The molecule has 1 aromatic heterocycles. The van der Waals surface area contributed by atoms with Crippen molar-refractivity contribution in [3.05, 3.63) is 53.1 Å². The molecule has 0 unspecified atom stereocenters. The van der Waals surface area contributed by atoms with Gasteiger partial charge in [0.25, 0.3) is 0 Å². The number of hydrogen-bond donors (Lipinski definition) is 1. The molecule has 1 amide bonds. The summed E-state index contributed by atoms with van der Waals surface area (Å²) in [7, 11) is 0. The first kappa shape index (κ1) is 19.4. The molecular formula is C19H21FN2O4. The lowest BCUT2D eigenvalue weighted by molar-refractivity contribution is -0.142. The zero-order valence-corrected chi connectivity index (χ0v) is 15.0. The van der Waals surface area contributed by atoms with Gasteiger partial charge in [-0.15, -0.1) is 0 Å². The third kappa shape index (κ3) is 4.78. The number of halogens is 1. The lowest BCUT2D eigenvalue weighted by Gasteiger charge is -2.10. The van der Waals surface area contributed by atoms with Crippen LogP contribution >= 0.6 is 0 Å². The van der Waals surface area contributed by atoms with Crippen molar-refractivity contribution in [3.63, 3.8) is 0 Å². The van der Waals surface area contributed by atoms with E-state index in [2.05, 4.69) is 5.32 Å². The number of amides is 1. The SMILES string of the molecule is CC(=O)NCCC(=O)OCC(=O)c1cc(C)n(-c2cccc(F)c2)c1C. The Kier molecular flexibility index (Phi) is 6.27. The fourth-order valence-corrected chi connectivity index (χ4v) is 2.69. The van der Waals surface area contributed by atoms with Gasteiger partial charge in [0.1, 0.15) is 5.82 Å². The second-order valence-electron chi connectivity index (χ2n) is 5.92. The molecule has 0 aliphatic heterocycles. The second kappa shape index (κ2) is 8.42. The number of carbonyl (C=O) groups is 3. The minimum Gasteiger partial charge on any atom is -0.457 e. The highest BCUT2D eigenvalue weighted by Crippen LogP contribution is 2.22. The highest BCUT2D eigenvalue weighted by Gasteiger charge is 2.18. The van der Waals surface area contributed by atoms with Crippen molar-refractivity contribution in [3.8, 4) is 5.69 Å². The van der Waals surface area contributed by atoms with Gasteiger partial charge in [-0.1, -0.05) is 6.07 Å². The maximum absolute atomic E-state index is 13.5. The third-order valence-electron chi connectivity index (χ3n) is 3.87. The lowest BCUT2D eigenvalue weighted by atomic mass is 10.1. The first-order chi connectivity index (χ1) is 12.3. The number of aryl methyl sites for hydroxylation is 1. The number of nitrogens with zero attached hydrogens (tertiary/aromatic N) is 1. The molecule has 0 spiro atoms. The predicted molar refractivity (Wildman–Crippen MR) is 93.8 cm³/mol. The summed E-state index contributed by atoms with van der Waals surface area (Å²) in [5.74, 6) is -1.51. The topological polar surface area (TPSA) is 77.4 Å². The molecule has 6 nitrogen and oxygen atoms in total. The van der Waals surface area contributed by atoms with E-state index in [1.807, 2.05) is 6.92 Å². The van der Waals surface area contributed by atoms with Gasteiger partial charge >= 0.3 is 5.97 Å². The number of ketones is 1. The summed E-state index contributed by atoms with van der Waals surface area (Å²) in [6.07, 6.45) is -0.00479. The average Bonchev–Trinajstić information content (AvgIpc) is 2.87. The van der Waals surface area contributed by atoms with Crippen molar-refractivity contribution in [1.82, 2.24) is 9.88 Å². The van der Waals surface area contributed by atoms with E-state index in [0.29, 0.717) is 16.9 Å².